The quantitative estimate of drug-likeness (QED) is 0.503. The Kier molecular flexibility index (Phi) is 5.47. The zero-order chi connectivity index (χ0) is 9.19. The van der Waals surface area contributed by atoms with Gasteiger partial charge in [-0.15, -0.1) is 0 Å². The lowest BCUT2D eigenvalue weighted by Gasteiger charge is -2.23. The third-order valence-corrected chi connectivity index (χ3v) is 2.04. The molecule has 1 nitrogen and oxygen atoms in total. The van der Waals surface area contributed by atoms with Crippen LogP contribution in [0.25, 0.3) is 0 Å². The topological polar surface area (TPSA) is 0 Å². The van der Waals surface area contributed by atoms with E-state index in [-0.39, 0.29) is 24.0 Å². The fraction of sp³-hybridized carbons (Fsp3) is 0.400. The second-order valence-corrected chi connectivity index (χ2v) is 4.99. The fourth-order valence-electron chi connectivity index (χ4n) is 1.18. The molecule has 0 bridgehead atoms. The van der Waals surface area contributed by atoms with Crippen LogP contribution in [-0.2, 0) is 6.54 Å². The molecule has 3 heteroatoms. The van der Waals surface area contributed by atoms with E-state index in [0.29, 0.717) is 0 Å². The minimum atomic E-state index is 0. The molecule has 0 unspecified atom stereocenters. The van der Waals surface area contributed by atoms with Crippen LogP contribution in [-0.4, -0.2) is 25.6 Å². The van der Waals surface area contributed by atoms with E-state index >= 15 is 0 Å². The Morgan fingerprint density at radius 1 is 1.23 bits per heavy atom. The molecule has 0 aromatic heterocycles. The van der Waals surface area contributed by atoms with Gasteiger partial charge in [-0.2, -0.15) is 0 Å². The van der Waals surface area contributed by atoms with Crippen molar-refractivity contribution < 1.29 is 28.5 Å². The van der Waals surface area contributed by atoms with Gasteiger partial charge in [-0.1, -0.05) is 28.1 Å². The summed E-state index contributed by atoms with van der Waals surface area (Å²) in [6.07, 6.45) is 0. The summed E-state index contributed by atoms with van der Waals surface area (Å²) < 4.78 is 2.13. The third kappa shape index (κ3) is 5.65. The first kappa shape index (κ1) is 13.4. The summed E-state index contributed by atoms with van der Waals surface area (Å²) in [6.45, 7) is 1.07. The van der Waals surface area contributed by atoms with Crippen LogP contribution >= 0.6 is 15.9 Å². The number of hydrogen-bond acceptors (Lipinski definition) is 0. The second-order valence-electron chi connectivity index (χ2n) is 4.08. The number of hydrogen-bond donors (Lipinski definition) is 0. The number of quaternary nitrogens is 1. The van der Waals surface area contributed by atoms with Crippen molar-refractivity contribution in [2.75, 3.05) is 21.1 Å². The molecule has 1 aromatic rings. The van der Waals surface area contributed by atoms with E-state index < -0.39 is 0 Å². The maximum Gasteiger partial charge on any atom is 0.104 e. The van der Waals surface area contributed by atoms with Crippen molar-refractivity contribution >= 4 is 15.9 Å². The van der Waals surface area contributed by atoms with E-state index in [1.54, 1.807) is 0 Å². The predicted molar refractivity (Wildman–Crippen MR) is 55.9 cm³/mol. The van der Waals surface area contributed by atoms with E-state index in [9.17, 15) is 0 Å². The summed E-state index contributed by atoms with van der Waals surface area (Å²) in [5, 5.41) is 0. The van der Waals surface area contributed by atoms with Gasteiger partial charge in [0, 0.05) is 10.0 Å². The summed E-state index contributed by atoms with van der Waals surface area (Å²) in [5.74, 6) is 0. The fourth-order valence-corrected chi connectivity index (χ4v) is 1.63. The average molecular weight is 356 g/mol. The number of nitrogens with zero attached hydrogens (tertiary/aromatic N) is 1. The monoisotopic (exact) mass is 355 g/mol. The first-order chi connectivity index (χ1) is 5.47. The lowest BCUT2D eigenvalue weighted by atomic mass is 10.2. The third-order valence-electron chi connectivity index (χ3n) is 1.55. The van der Waals surface area contributed by atoms with Crippen LogP contribution in [0.5, 0.6) is 0 Å². The van der Waals surface area contributed by atoms with Crippen LogP contribution in [0.15, 0.2) is 28.7 Å². The molecule has 0 aliphatic rings. The molecule has 0 aliphatic heterocycles. The Labute approximate surface area is 106 Å². The van der Waals surface area contributed by atoms with Crippen molar-refractivity contribution in [3.63, 3.8) is 0 Å². The molecular weight excluding hydrogens is 341 g/mol. The molecule has 0 heterocycles. The van der Waals surface area contributed by atoms with Crippen molar-refractivity contribution in [2.45, 2.75) is 6.54 Å². The zero-order valence-corrected chi connectivity index (χ0v) is 12.0. The van der Waals surface area contributed by atoms with E-state index in [1.807, 2.05) is 0 Å². The van der Waals surface area contributed by atoms with Crippen LogP contribution < -0.4 is 24.0 Å². The van der Waals surface area contributed by atoms with Crippen LogP contribution in [0.1, 0.15) is 5.56 Å². The standard InChI is InChI=1S/C10H15BrN.HI/c1-12(2,3)8-9-5-4-6-10(11)7-9;/h4-7H,8H2,1-3H3;1H/q+1;/p-1. The minimum absolute atomic E-state index is 0. The lowest BCUT2D eigenvalue weighted by Crippen LogP contribution is -3.00. The molecule has 0 atom stereocenters. The highest BCUT2D eigenvalue weighted by molar-refractivity contribution is 9.10. The molecular formula is C10H15BrIN. The molecule has 0 saturated carbocycles. The molecule has 0 saturated heterocycles. The number of benzene rings is 1. The Balaban J connectivity index is 0.00000144. The molecule has 1 aromatic carbocycles. The highest BCUT2D eigenvalue weighted by Gasteiger charge is 2.07. The van der Waals surface area contributed by atoms with Crippen molar-refractivity contribution in [2.24, 2.45) is 0 Å². The molecule has 0 N–H and O–H groups in total. The molecule has 13 heavy (non-hydrogen) atoms. The summed E-state index contributed by atoms with van der Waals surface area (Å²) in [6, 6.07) is 8.46. The average Bonchev–Trinajstić information content (AvgIpc) is 1.82. The summed E-state index contributed by atoms with van der Waals surface area (Å²) >= 11 is 3.46. The van der Waals surface area contributed by atoms with Gasteiger partial charge in [-0.25, -0.2) is 0 Å². The Morgan fingerprint density at radius 3 is 2.31 bits per heavy atom. The van der Waals surface area contributed by atoms with Gasteiger partial charge in [-0.05, 0) is 12.1 Å². The Hall–Kier alpha value is 0.390. The first-order valence-electron chi connectivity index (χ1n) is 4.02. The van der Waals surface area contributed by atoms with Crippen molar-refractivity contribution in [1.29, 1.82) is 0 Å². The summed E-state index contributed by atoms with van der Waals surface area (Å²) in [5.41, 5.74) is 1.37. The first-order valence-corrected chi connectivity index (χ1v) is 4.81. The normalized spacial score (nSPS) is 10.8. The Bertz CT molecular complexity index is 268. The zero-order valence-electron chi connectivity index (χ0n) is 8.22. The smallest absolute Gasteiger partial charge is 0.104 e. The molecule has 0 fully saturated rings. The lowest BCUT2D eigenvalue weighted by molar-refractivity contribution is -0.884. The van der Waals surface area contributed by atoms with Gasteiger partial charge >= 0.3 is 0 Å². The van der Waals surface area contributed by atoms with Gasteiger partial charge in [0.15, 0.2) is 0 Å². The van der Waals surface area contributed by atoms with Crippen LogP contribution in [0.2, 0.25) is 0 Å². The van der Waals surface area contributed by atoms with Gasteiger partial charge in [0.1, 0.15) is 6.54 Å². The second kappa shape index (κ2) is 5.32. The van der Waals surface area contributed by atoms with Crippen molar-refractivity contribution in [1.82, 2.24) is 0 Å². The predicted octanol–water partition coefficient (Wildman–Crippen LogP) is -0.341. The van der Waals surface area contributed by atoms with E-state index in [1.165, 1.54) is 5.56 Å². The SMILES string of the molecule is C[N+](C)(C)Cc1cccc(Br)c1.[I-]. The summed E-state index contributed by atoms with van der Waals surface area (Å²) in [4.78, 5) is 0. The van der Waals surface area contributed by atoms with Crippen LogP contribution in [0.3, 0.4) is 0 Å². The van der Waals surface area contributed by atoms with Gasteiger partial charge in [-0.3, -0.25) is 0 Å². The molecule has 1 rings (SSSR count). The molecule has 0 aliphatic carbocycles. The molecule has 0 spiro atoms. The molecule has 0 radical (unpaired) electrons. The van der Waals surface area contributed by atoms with Gasteiger partial charge in [0.25, 0.3) is 0 Å². The van der Waals surface area contributed by atoms with Crippen molar-refractivity contribution in [3.8, 4) is 0 Å². The van der Waals surface area contributed by atoms with Crippen LogP contribution in [0, 0.1) is 0 Å². The highest BCUT2D eigenvalue weighted by atomic mass is 127. The summed E-state index contributed by atoms with van der Waals surface area (Å²) in [7, 11) is 6.59. The van der Waals surface area contributed by atoms with E-state index in [4.69, 9.17) is 0 Å². The number of halogens is 2. The minimum Gasteiger partial charge on any atom is -1.00 e. The maximum absolute atomic E-state index is 3.46. The van der Waals surface area contributed by atoms with Crippen LogP contribution in [0.4, 0.5) is 0 Å². The van der Waals surface area contributed by atoms with Gasteiger partial charge in [0.2, 0.25) is 0 Å². The van der Waals surface area contributed by atoms with E-state index in [2.05, 4.69) is 61.3 Å². The van der Waals surface area contributed by atoms with E-state index in [0.717, 1.165) is 15.5 Å². The van der Waals surface area contributed by atoms with Gasteiger partial charge in [0.05, 0.1) is 21.1 Å². The molecule has 74 valence electrons. The Morgan fingerprint density at radius 2 is 1.85 bits per heavy atom. The highest BCUT2D eigenvalue weighted by Crippen LogP contribution is 2.13. The largest absolute Gasteiger partial charge is 1.00 e. The van der Waals surface area contributed by atoms with Crippen molar-refractivity contribution in [3.05, 3.63) is 34.3 Å². The maximum atomic E-state index is 3.46. The molecule has 0 amide bonds. The number of rotatable bonds is 2. The van der Waals surface area contributed by atoms with Gasteiger partial charge < -0.3 is 28.5 Å².